The minimum Gasteiger partial charge on any atom is -0.507 e. The van der Waals surface area contributed by atoms with Crippen LogP contribution >= 0.6 is 0 Å². The lowest BCUT2D eigenvalue weighted by atomic mass is 9.89. The lowest BCUT2D eigenvalue weighted by Crippen LogP contribution is -2.46. The van der Waals surface area contributed by atoms with Gasteiger partial charge in [0.05, 0.1) is 18.3 Å². The fraction of sp³-hybridized carbons (Fsp3) is 0.467. The molecule has 0 aliphatic carbocycles. The van der Waals surface area contributed by atoms with Crippen molar-refractivity contribution in [3.05, 3.63) is 59.5 Å². The number of para-hydroxylation sites is 1. The van der Waals surface area contributed by atoms with Gasteiger partial charge < -0.3 is 30.3 Å². The Bertz CT molecular complexity index is 1480. The number of phenolic OH excluding ortho intramolecular Hbond substituents is 1. The van der Waals surface area contributed by atoms with E-state index in [-0.39, 0.29) is 18.4 Å². The number of aromatic nitrogens is 5. The van der Waals surface area contributed by atoms with Gasteiger partial charge in [-0.1, -0.05) is 12.1 Å². The Morgan fingerprint density at radius 2 is 1.73 bits per heavy atom. The van der Waals surface area contributed by atoms with Crippen LogP contribution in [0.4, 0.5) is 5.95 Å². The number of likely N-dealkylation sites (tertiary alicyclic amines) is 1. The summed E-state index contributed by atoms with van der Waals surface area (Å²) in [7, 11) is 0. The normalized spacial score (nSPS) is 21.1. The number of aromatic amines is 1. The van der Waals surface area contributed by atoms with E-state index in [1.807, 2.05) is 30.6 Å². The number of fused-ring (bicyclic) bond motifs is 3. The molecule has 3 aliphatic rings. The standard InChI is InChI=1S/C30H36N8O2/c39-18-26-28-23-15-25(22-3-1-2-4-27(22)40)35-36-29(23)34-24(28)9-14-38(26)30-32-16-20(17-33-30)19-7-12-37(13-8-19)21-5-10-31-11-6-21/h1-4,15-17,19,21,26,31,39-40H,5-14,18H2,(H,34,36)/t26-/m0/s1. The first-order chi connectivity index (χ1) is 19.7. The number of anilines is 1. The van der Waals surface area contributed by atoms with Crippen molar-refractivity contribution in [1.82, 2.24) is 35.4 Å². The summed E-state index contributed by atoms with van der Waals surface area (Å²) >= 11 is 0. The average molecular weight is 541 g/mol. The maximum Gasteiger partial charge on any atom is 0.225 e. The van der Waals surface area contributed by atoms with E-state index in [1.54, 1.807) is 12.1 Å². The predicted molar refractivity (Wildman–Crippen MR) is 153 cm³/mol. The summed E-state index contributed by atoms with van der Waals surface area (Å²) < 4.78 is 0. The monoisotopic (exact) mass is 540 g/mol. The van der Waals surface area contributed by atoms with Gasteiger partial charge in [0.15, 0.2) is 5.65 Å². The van der Waals surface area contributed by atoms with Crippen LogP contribution in [0.1, 0.15) is 54.5 Å². The maximum absolute atomic E-state index is 10.6. The predicted octanol–water partition coefficient (Wildman–Crippen LogP) is 3.15. The summed E-state index contributed by atoms with van der Waals surface area (Å²) in [4.78, 5) is 17.8. The number of nitrogens with zero attached hydrogens (tertiary/aromatic N) is 6. The number of aromatic hydroxyl groups is 1. The van der Waals surface area contributed by atoms with Crippen molar-refractivity contribution in [1.29, 1.82) is 0 Å². The van der Waals surface area contributed by atoms with Crippen molar-refractivity contribution in [3.63, 3.8) is 0 Å². The third-order valence-electron chi connectivity index (χ3n) is 9.08. The summed E-state index contributed by atoms with van der Waals surface area (Å²) in [5.74, 6) is 1.29. The first-order valence-corrected chi connectivity index (χ1v) is 14.5. The Labute approximate surface area is 233 Å². The molecule has 40 heavy (non-hydrogen) atoms. The molecule has 3 aliphatic heterocycles. The molecule has 0 radical (unpaired) electrons. The number of hydrogen-bond donors (Lipinski definition) is 4. The van der Waals surface area contributed by atoms with E-state index in [9.17, 15) is 10.2 Å². The largest absolute Gasteiger partial charge is 0.507 e. The first-order valence-electron chi connectivity index (χ1n) is 14.5. The number of phenols is 1. The third kappa shape index (κ3) is 4.59. The summed E-state index contributed by atoms with van der Waals surface area (Å²) in [6, 6.07) is 9.48. The Kier molecular flexibility index (Phi) is 6.82. The minimum atomic E-state index is -0.307. The molecule has 4 aromatic rings. The lowest BCUT2D eigenvalue weighted by Gasteiger charge is -2.39. The van der Waals surface area contributed by atoms with Crippen LogP contribution in [-0.2, 0) is 6.42 Å². The molecule has 4 N–H and O–H groups in total. The minimum absolute atomic E-state index is 0.0749. The molecule has 3 aromatic heterocycles. The number of nitrogens with one attached hydrogen (secondary N) is 2. The van der Waals surface area contributed by atoms with Gasteiger partial charge >= 0.3 is 0 Å². The number of H-pyrrole nitrogens is 1. The van der Waals surface area contributed by atoms with Crippen LogP contribution in [0.5, 0.6) is 5.75 Å². The number of hydrogen-bond acceptors (Lipinski definition) is 9. The Balaban J connectivity index is 1.11. The lowest BCUT2D eigenvalue weighted by molar-refractivity contribution is 0.127. The molecule has 0 unspecified atom stereocenters. The number of piperidine rings is 2. The summed E-state index contributed by atoms with van der Waals surface area (Å²) in [5.41, 5.74) is 5.14. The van der Waals surface area contributed by atoms with Gasteiger partial charge in [0, 0.05) is 53.6 Å². The van der Waals surface area contributed by atoms with E-state index in [0.717, 1.165) is 68.1 Å². The van der Waals surface area contributed by atoms with E-state index < -0.39 is 0 Å². The molecule has 10 nitrogen and oxygen atoms in total. The topological polar surface area (TPSA) is 126 Å². The molecule has 7 rings (SSSR count). The van der Waals surface area contributed by atoms with Crippen molar-refractivity contribution in [2.24, 2.45) is 0 Å². The molecular weight excluding hydrogens is 504 g/mol. The number of aliphatic hydroxyl groups is 1. The second-order valence-corrected chi connectivity index (χ2v) is 11.3. The quantitative estimate of drug-likeness (QED) is 0.302. The van der Waals surface area contributed by atoms with E-state index in [1.165, 1.54) is 18.4 Å². The molecule has 10 heteroatoms. The van der Waals surface area contributed by atoms with Gasteiger partial charge in [-0.05, 0) is 81.5 Å². The molecule has 1 atom stereocenters. The fourth-order valence-electron chi connectivity index (χ4n) is 6.90. The van der Waals surface area contributed by atoms with Gasteiger partial charge in [-0.15, -0.1) is 10.2 Å². The van der Waals surface area contributed by atoms with Gasteiger partial charge in [-0.2, -0.15) is 0 Å². The van der Waals surface area contributed by atoms with E-state index in [4.69, 9.17) is 9.97 Å². The highest BCUT2D eigenvalue weighted by Crippen LogP contribution is 2.38. The molecule has 2 saturated heterocycles. The highest BCUT2D eigenvalue weighted by atomic mass is 16.3. The van der Waals surface area contributed by atoms with Crippen LogP contribution in [0.2, 0.25) is 0 Å². The molecule has 0 bridgehead atoms. The zero-order valence-electron chi connectivity index (χ0n) is 22.6. The van der Waals surface area contributed by atoms with Gasteiger partial charge in [0.1, 0.15) is 5.75 Å². The number of rotatable bonds is 5. The Hall–Kier alpha value is -3.60. The number of benzene rings is 1. The smallest absolute Gasteiger partial charge is 0.225 e. The van der Waals surface area contributed by atoms with Gasteiger partial charge in [-0.25, -0.2) is 9.97 Å². The van der Waals surface area contributed by atoms with Gasteiger partial charge in [0.2, 0.25) is 5.95 Å². The maximum atomic E-state index is 10.6. The summed E-state index contributed by atoms with van der Waals surface area (Å²) in [5, 5.41) is 34.1. The van der Waals surface area contributed by atoms with Crippen LogP contribution < -0.4 is 10.2 Å². The van der Waals surface area contributed by atoms with Crippen molar-refractivity contribution in [3.8, 4) is 17.0 Å². The van der Waals surface area contributed by atoms with Crippen molar-refractivity contribution >= 4 is 17.0 Å². The van der Waals surface area contributed by atoms with Crippen molar-refractivity contribution in [2.75, 3.05) is 44.2 Å². The molecule has 2 fully saturated rings. The second kappa shape index (κ2) is 10.8. The van der Waals surface area contributed by atoms with E-state index in [2.05, 4.69) is 30.3 Å². The molecule has 0 spiro atoms. The van der Waals surface area contributed by atoms with Crippen LogP contribution in [0.25, 0.3) is 22.3 Å². The second-order valence-electron chi connectivity index (χ2n) is 11.3. The molecule has 208 valence electrons. The average Bonchev–Trinajstić information content (AvgIpc) is 3.39. The molecule has 0 amide bonds. The highest BCUT2D eigenvalue weighted by Gasteiger charge is 2.33. The molecule has 0 saturated carbocycles. The Morgan fingerprint density at radius 3 is 2.48 bits per heavy atom. The Morgan fingerprint density at radius 1 is 0.950 bits per heavy atom. The van der Waals surface area contributed by atoms with E-state index in [0.29, 0.717) is 35.3 Å². The fourth-order valence-corrected chi connectivity index (χ4v) is 6.90. The van der Waals surface area contributed by atoms with Gasteiger partial charge in [-0.3, -0.25) is 0 Å². The van der Waals surface area contributed by atoms with Crippen molar-refractivity contribution in [2.45, 2.75) is 50.1 Å². The SMILES string of the molecule is OC[C@H]1c2c([nH]c3nnc(-c4ccccc4O)cc23)CCN1c1ncc(C2CCN(C3CCNCC3)CC2)cn1. The molecule has 6 heterocycles. The number of aliphatic hydroxyl groups excluding tert-OH is 1. The van der Waals surface area contributed by atoms with Crippen LogP contribution in [-0.4, -0.2) is 85.6 Å². The summed E-state index contributed by atoms with van der Waals surface area (Å²) in [6.07, 6.45) is 9.55. The van der Waals surface area contributed by atoms with Crippen molar-refractivity contribution < 1.29 is 10.2 Å². The zero-order valence-corrected chi connectivity index (χ0v) is 22.6. The summed E-state index contributed by atoms with van der Waals surface area (Å²) in [6.45, 7) is 5.18. The molecular formula is C30H36N8O2. The molecule has 1 aromatic carbocycles. The highest BCUT2D eigenvalue weighted by molar-refractivity contribution is 5.86. The van der Waals surface area contributed by atoms with Crippen LogP contribution in [0.15, 0.2) is 42.7 Å². The van der Waals surface area contributed by atoms with Crippen LogP contribution in [0, 0.1) is 0 Å². The van der Waals surface area contributed by atoms with E-state index >= 15 is 0 Å². The van der Waals surface area contributed by atoms with Gasteiger partial charge in [0.25, 0.3) is 0 Å². The van der Waals surface area contributed by atoms with Crippen LogP contribution in [0.3, 0.4) is 0 Å². The first kappa shape index (κ1) is 25.4. The third-order valence-corrected chi connectivity index (χ3v) is 9.08. The zero-order chi connectivity index (χ0) is 27.1.